The maximum Gasteiger partial charge on any atom is 0.274 e. The molecule has 0 bridgehead atoms. The Hall–Kier alpha value is -1.77. The minimum Gasteiger partial charge on any atom is -0.298 e. The molecule has 0 radical (unpaired) electrons. The number of nitrogens with zero attached hydrogens (tertiary/aromatic N) is 1. The molecule has 1 aromatic carbocycles. The predicted octanol–water partition coefficient (Wildman–Crippen LogP) is 2.82. The Bertz CT molecular complexity index is 551. The van der Waals surface area contributed by atoms with Crippen LogP contribution in [0.4, 0.5) is 0 Å². The van der Waals surface area contributed by atoms with Crippen LogP contribution < -0.4 is 5.56 Å². The maximum atomic E-state index is 12.1. The molecule has 0 saturated heterocycles. The van der Waals surface area contributed by atoms with Gasteiger partial charge in [0.15, 0.2) is 0 Å². The molecule has 1 heterocycles. The molecule has 0 aliphatic carbocycles. The van der Waals surface area contributed by atoms with Crippen LogP contribution in [-0.2, 0) is 6.42 Å². The fourth-order valence-electron chi connectivity index (χ4n) is 1.91. The first-order valence-corrected chi connectivity index (χ1v) is 6.08. The number of hydrogen-bond acceptors (Lipinski definition) is 1. The number of aromatic amines is 1. The van der Waals surface area contributed by atoms with Crippen LogP contribution in [0.15, 0.2) is 35.3 Å². The van der Waals surface area contributed by atoms with E-state index in [-0.39, 0.29) is 5.56 Å². The van der Waals surface area contributed by atoms with Gasteiger partial charge < -0.3 is 0 Å². The Kier molecular flexibility index (Phi) is 3.47. The van der Waals surface area contributed by atoms with Crippen molar-refractivity contribution in [1.29, 1.82) is 0 Å². The number of hydrogen-bond donors (Lipinski definition) is 1. The first-order valence-electron chi connectivity index (χ1n) is 6.08. The van der Waals surface area contributed by atoms with E-state index in [1.165, 1.54) is 0 Å². The van der Waals surface area contributed by atoms with Gasteiger partial charge in [0.1, 0.15) is 0 Å². The third-order valence-electron chi connectivity index (χ3n) is 2.91. The van der Waals surface area contributed by atoms with Crippen LogP contribution in [0.2, 0.25) is 0 Å². The van der Waals surface area contributed by atoms with Crippen molar-refractivity contribution in [2.45, 2.75) is 33.1 Å². The van der Waals surface area contributed by atoms with Gasteiger partial charge in [-0.2, -0.15) is 0 Å². The zero-order valence-corrected chi connectivity index (χ0v) is 10.4. The number of nitrogens with one attached hydrogen (secondary N) is 1. The lowest BCUT2D eigenvalue weighted by atomic mass is 10.1. The first kappa shape index (κ1) is 11.7. The Morgan fingerprint density at radius 1 is 1.35 bits per heavy atom. The highest BCUT2D eigenvalue weighted by Crippen LogP contribution is 2.08. The van der Waals surface area contributed by atoms with Gasteiger partial charge in [0, 0.05) is 11.8 Å². The average molecular weight is 230 g/mol. The fraction of sp³-hybridized carbons (Fsp3) is 0.357. The van der Waals surface area contributed by atoms with Crippen LogP contribution >= 0.6 is 0 Å². The molecule has 17 heavy (non-hydrogen) atoms. The molecular weight excluding hydrogens is 212 g/mol. The number of benzene rings is 1. The summed E-state index contributed by atoms with van der Waals surface area (Å²) in [5, 5.41) is 3.03. The number of aromatic nitrogens is 2. The summed E-state index contributed by atoms with van der Waals surface area (Å²) < 4.78 is 1.61. The Morgan fingerprint density at radius 3 is 2.88 bits per heavy atom. The summed E-state index contributed by atoms with van der Waals surface area (Å²) in [7, 11) is 0. The van der Waals surface area contributed by atoms with E-state index in [2.05, 4.69) is 12.0 Å². The normalized spacial score (nSPS) is 10.7. The van der Waals surface area contributed by atoms with Crippen molar-refractivity contribution < 1.29 is 0 Å². The van der Waals surface area contributed by atoms with Crippen molar-refractivity contribution in [2.75, 3.05) is 0 Å². The summed E-state index contributed by atoms with van der Waals surface area (Å²) in [6.45, 7) is 4.15. The highest BCUT2D eigenvalue weighted by atomic mass is 16.1. The van der Waals surface area contributed by atoms with Crippen LogP contribution in [-0.4, -0.2) is 9.78 Å². The Morgan fingerprint density at radius 2 is 2.18 bits per heavy atom. The van der Waals surface area contributed by atoms with E-state index in [1.54, 1.807) is 4.68 Å². The number of rotatable bonds is 4. The van der Waals surface area contributed by atoms with Crippen molar-refractivity contribution in [3.05, 3.63) is 51.9 Å². The summed E-state index contributed by atoms with van der Waals surface area (Å²) >= 11 is 0. The summed E-state index contributed by atoms with van der Waals surface area (Å²) in [6.07, 6.45) is 4.83. The van der Waals surface area contributed by atoms with Gasteiger partial charge in [-0.05, 0) is 37.5 Å². The molecule has 90 valence electrons. The van der Waals surface area contributed by atoms with Crippen LogP contribution in [0.3, 0.4) is 0 Å². The average Bonchev–Trinajstić information content (AvgIpc) is 2.68. The molecule has 0 atom stereocenters. The molecule has 2 aromatic rings. The molecule has 0 saturated carbocycles. The van der Waals surface area contributed by atoms with Gasteiger partial charge in [0.2, 0.25) is 0 Å². The van der Waals surface area contributed by atoms with Gasteiger partial charge in [-0.1, -0.05) is 25.5 Å². The van der Waals surface area contributed by atoms with Crippen molar-refractivity contribution in [3.63, 3.8) is 0 Å². The van der Waals surface area contributed by atoms with Crippen molar-refractivity contribution in [1.82, 2.24) is 9.78 Å². The second-order valence-corrected chi connectivity index (χ2v) is 4.38. The number of aryl methyl sites for hydroxylation is 2. The topological polar surface area (TPSA) is 37.8 Å². The van der Waals surface area contributed by atoms with Crippen molar-refractivity contribution in [3.8, 4) is 5.69 Å². The largest absolute Gasteiger partial charge is 0.298 e. The summed E-state index contributed by atoms with van der Waals surface area (Å²) in [4.78, 5) is 12.1. The lowest BCUT2D eigenvalue weighted by molar-refractivity contribution is 0.786. The molecule has 0 fully saturated rings. The Labute approximate surface area is 101 Å². The highest BCUT2D eigenvalue weighted by molar-refractivity contribution is 5.35. The molecule has 0 amide bonds. The first-order chi connectivity index (χ1) is 8.22. The second-order valence-electron chi connectivity index (χ2n) is 4.38. The van der Waals surface area contributed by atoms with E-state index in [1.807, 2.05) is 37.4 Å². The minimum absolute atomic E-state index is 0.0732. The SMILES string of the molecule is CCCCc1c[nH]n(-c2cccc(C)c2)c1=O. The van der Waals surface area contributed by atoms with E-state index in [4.69, 9.17) is 0 Å². The molecule has 0 unspecified atom stereocenters. The van der Waals surface area contributed by atoms with E-state index in [0.717, 1.165) is 36.1 Å². The highest BCUT2D eigenvalue weighted by Gasteiger charge is 2.06. The molecule has 1 aromatic heterocycles. The molecule has 0 aliphatic heterocycles. The maximum absolute atomic E-state index is 12.1. The van der Waals surface area contributed by atoms with E-state index in [0.29, 0.717) is 0 Å². The second kappa shape index (κ2) is 5.04. The Balaban J connectivity index is 2.34. The molecule has 3 nitrogen and oxygen atoms in total. The molecule has 3 heteroatoms. The quantitative estimate of drug-likeness (QED) is 0.861. The lowest BCUT2D eigenvalue weighted by Crippen LogP contribution is -2.17. The number of H-pyrrole nitrogens is 1. The van der Waals surface area contributed by atoms with Crippen LogP contribution in [0.1, 0.15) is 30.9 Å². The van der Waals surface area contributed by atoms with E-state index in [9.17, 15) is 4.79 Å². The van der Waals surface area contributed by atoms with Crippen LogP contribution in [0.25, 0.3) is 5.69 Å². The zero-order valence-electron chi connectivity index (χ0n) is 10.4. The fourth-order valence-corrected chi connectivity index (χ4v) is 1.91. The predicted molar refractivity (Wildman–Crippen MR) is 69.7 cm³/mol. The van der Waals surface area contributed by atoms with E-state index >= 15 is 0 Å². The molecule has 0 spiro atoms. The van der Waals surface area contributed by atoms with Gasteiger partial charge in [-0.3, -0.25) is 9.89 Å². The van der Waals surface area contributed by atoms with Crippen LogP contribution in [0.5, 0.6) is 0 Å². The standard InChI is InChI=1S/C14H18N2O/c1-3-4-7-12-10-15-16(14(12)17)13-8-5-6-11(2)9-13/h5-6,8-10,15H,3-4,7H2,1-2H3. The molecular formula is C14H18N2O. The summed E-state index contributed by atoms with van der Waals surface area (Å²) in [5.41, 5.74) is 2.99. The third kappa shape index (κ3) is 2.49. The third-order valence-corrected chi connectivity index (χ3v) is 2.91. The lowest BCUT2D eigenvalue weighted by Gasteiger charge is -2.01. The van der Waals surface area contributed by atoms with Gasteiger partial charge in [-0.25, -0.2) is 4.68 Å². The molecule has 1 N–H and O–H groups in total. The van der Waals surface area contributed by atoms with Gasteiger partial charge >= 0.3 is 0 Å². The van der Waals surface area contributed by atoms with Gasteiger partial charge in [0.05, 0.1) is 5.69 Å². The smallest absolute Gasteiger partial charge is 0.274 e. The van der Waals surface area contributed by atoms with Gasteiger partial charge in [0.25, 0.3) is 5.56 Å². The minimum atomic E-state index is 0.0732. The number of unbranched alkanes of at least 4 members (excludes halogenated alkanes) is 1. The van der Waals surface area contributed by atoms with Crippen molar-refractivity contribution >= 4 is 0 Å². The van der Waals surface area contributed by atoms with E-state index < -0.39 is 0 Å². The monoisotopic (exact) mass is 230 g/mol. The summed E-state index contributed by atoms with van der Waals surface area (Å²) in [5.74, 6) is 0. The summed E-state index contributed by atoms with van der Waals surface area (Å²) in [6, 6.07) is 7.93. The van der Waals surface area contributed by atoms with Gasteiger partial charge in [-0.15, -0.1) is 0 Å². The molecule has 2 rings (SSSR count). The van der Waals surface area contributed by atoms with Crippen molar-refractivity contribution in [2.24, 2.45) is 0 Å². The zero-order chi connectivity index (χ0) is 12.3. The molecule has 0 aliphatic rings. The van der Waals surface area contributed by atoms with Crippen LogP contribution in [0, 0.1) is 6.92 Å².